The molecule has 1 nitrogen and oxygen atoms in total. The first-order chi connectivity index (χ1) is 7.07. The largest absolute Gasteiger partial charge is 0.313 e. The Labute approximate surface area is 93.0 Å². The molecule has 1 aromatic rings. The van der Waals surface area contributed by atoms with Gasteiger partial charge in [0.1, 0.15) is 0 Å². The molecule has 0 atom stereocenters. The smallest absolute Gasteiger partial charge is 0.00771 e. The van der Waals surface area contributed by atoms with Crippen LogP contribution < -0.4 is 0 Å². The van der Waals surface area contributed by atoms with Crippen molar-refractivity contribution in [1.82, 2.24) is 0 Å². The van der Waals surface area contributed by atoms with Gasteiger partial charge in [0, 0.05) is 6.42 Å². The quantitative estimate of drug-likeness (QED) is 0.712. The third kappa shape index (κ3) is 2.68. The molecule has 1 N–H and O–H groups in total. The van der Waals surface area contributed by atoms with Crippen LogP contribution in [0, 0.1) is 5.41 Å². The van der Waals surface area contributed by atoms with Crippen LogP contribution in [0.1, 0.15) is 56.2 Å². The van der Waals surface area contributed by atoms with Gasteiger partial charge in [0.15, 0.2) is 0 Å². The van der Waals surface area contributed by atoms with Gasteiger partial charge in [-0.2, -0.15) is 0 Å². The predicted molar refractivity (Wildman–Crippen MR) is 67.1 cm³/mol. The minimum atomic E-state index is 0.540. The molecule has 0 aliphatic heterocycles. The lowest BCUT2D eigenvalue weighted by Crippen LogP contribution is -2.03. The maximum Gasteiger partial charge on any atom is 0.00771 e. The van der Waals surface area contributed by atoms with Gasteiger partial charge in [-0.1, -0.05) is 45.9 Å². The van der Waals surface area contributed by atoms with Crippen molar-refractivity contribution in [3.8, 4) is 0 Å². The second-order valence-corrected chi connectivity index (χ2v) is 4.63. The van der Waals surface area contributed by atoms with E-state index in [1.165, 1.54) is 22.9 Å². The molecule has 0 saturated carbocycles. The molecule has 0 fully saturated rings. The van der Waals surface area contributed by atoms with E-state index in [9.17, 15) is 0 Å². The summed E-state index contributed by atoms with van der Waals surface area (Å²) in [4.78, 5) is 0. The van der Waals surface area contributed by atoms with Crippen molar-refractivity contribution in [3.05, 3.63) is 34.9 Å². The molecule has 0 heterocycles. The highest BCUT2D eigenvalue weighted by Gasteiger charge is 2.11. The van der Waals surface area contributed by atoms with E-state index < -0.39 is 0 Å². The maximum atomic E-state index is 7.29. The van der Waals surface area contributed by atoms with Gasteiger partial charge in [0.05, 0.1) is 0 Å². The third-order valence-electron chi connectivity index (χ3n) is 2.80. The fourth-order valence-electron chi connectivity index (χ4n) is 2.04. The van der Waals surface area contributed by atoms with Gasteiger partial charge in [-0.05, 0) is 34.7 Å². The molecule has 1 rings (SSSR count). The summed E-state index contributed by atoms with van der Waals surface area (Å²) in [5, 5.41) is 7.29. The van der Waals surface area contributed by atoms with Crippen molar-refractivity contribution in [2.24, 2.45) is 0 Å². The van der Waals surface area contributed by atoms with E-state index in [2.05, 4.69) is 45.9 Å². The van der Waals surface area contributed by atoms with Crippen LogP contribution in [0.2, 0.25) is 0 Å². The first kappa shape index (κ1) is 12.0. The molecule has 0 aromatic heterocycles. The van der Waals surface area contributed by atoms with E-state index in [1.807, 2.05) is 0 Å². The van der Waals surface area contributed by atoms with Gasteiger partial charge in [-0.15, -0.1) is 0 Å². The van der Waals surface area contributed by atoms with Gasteiger partial charge < -0.3 is 5.41 Å². The number of nitrogens with one attached hydrogen (secondary N) is 1. The minimum absolute atomic E-state index is 0.540. The molecule has 0 bridgehead atoms. The zero-order valence-electron chi connectivity index (χ0n) is 10.2. The van der Waals surface area contributed by atoms with Gasteiger partial charge in [-0.25, -0.2) is 0 Å². The van der Waals surface area contributed by atoms with Crippen LogP contribution in [-0.4, -0.2) is 6.21 Å². The summed E-state index contributed by atoms with van der Waals surface area (Å²) in [5.41, 5.74) is 4.15. The van der Waals surface area contributed by atoms with E-state index in [1.54, 1.807) is 0 Å². The summed E-state index contributed by atoms with van der Waals surface area (Å²) in [5.74, 6) is 1.08. The lowest BCUT2D eigenvalue weighted by molar-refractivity contribution is 0.812. The summed E-state index contributed by atoms with van der Waals surface area (Å²) in [6.45, 7) is 8.86. The van der Waals surface area contributed by atoms with Crippen LogP contribution in [0.3, 0.4) is 0 Å². The number of benzene rings is 1. The van der Waals surface area contributed by atoms with Crippen molar-refractivity contribution in [2.45, 2.75) is 46.0 Å². The monoisotopic (exact) mass is 203 g/mol. The fourth-order valence-corrected chi connectivity index (χ4v) is 2.04. The Kier molecular flexibility index (Phi) is 4.07. The molecular weight excluding hydrogens is 182 g/mol. The number of hydrogen-bond donors (Lipinski definition) is 1. The van der Waals surface area contributed by atoms with Gasteiger partial charge in [0.25, 0.3) is 0 Å². The molecular formula is C14H21N. The second kappa shape index (κ2) is 5.11. The van der Waals surface area contributed by atoms with E-state index >= 15 is 0 Å². The molecule has 0 spiro atoms. The SMILES string of the molecule is CC(C)c1cccc(C(C)C)c1CC=N. The van der Waals surface area contributed by atoms with Crippen molar-refractivity contribution in [3.63, 3.8) is 0 Å². The number of rotatable bonds is 4. The van der Waals surface area contributed by atoms with Crippen molar-refractivity contribution in [1.29, 1.82) is 5.41 Å². The van der Waals surface area contributed by atoms with Crippen LogP contribution in [0.25, 0.3) is 0 Å². The third-order valence-corrected chi connectivity index (χ3v) is 2.80. The summed E-state index contributed by atoms with van der Waals surface area (Å²) < 4.78 is 0. The summed E-state index contributed by atoms with van der Waals surface area (Å²) in [6.07, 6.45) is 2.27. The van der Waals surface area contributed by atoms with Gasteiger partial charge in [0.2, 0.25) is 0 Å². The molecule has 0 amide bonds. The predicted octanol–water partition coefficient (Wildman–Crippen LogP) is 4.13. The molecule has 0 aliphatic carbocycles. The van der Waals surface area contributed by atoms with Crippen LogP contribution >= 0.6 is 0 Å². The Hall–Kier alpha value is -1.11. The van der Waals surface area contributed by atoms with Crippen molar-refractivity contribution < 1.29 is 0 Å². The standard InChI is InChI=1S/C14H21N/c1-10(2)12-6-5-7-13(11(3)4)14(12)8-9-15/h5-7,9-11,15H,8H2,1-4H3. The lowest BCUT2D eigenvalue weighted by atomic mass is 9.87. The Morgan fingerprint density at radius 2 is 1.53 bits per heavy atom. The van der Waals surface area contributed by atoms with E-state index in [0.29, 0.717) is 11.8 Å². The Balaban J connectivity index is 3.27. The molecule has 0 aliphatic rings. The highest BCUT2D eigenvalue weighted by molar-refractivity contribution is 5.61. The van der Waals surface area contributed by atoms with E-state index in [-0.39, 0.29) is 0 Å². The molecule has 1 aromatic carbocycles. The van der Waals surface area contributed by atoms with Crippen LogP contribution in [-0.2, 0) is 6.42 Å². The average Bonchev–Trinajstić information content (AvgIpc) is 2.17. The van der Waals surface area contributed by atoms with E-state index in [0.717, 1.165) is 6.42 Å². The highest BCUT2D eigenvalue weighted by atomic mass is 14.3. The topological polar surface area (TPSA) is 23.9 Å². The molecule has 0 radical (unpaired) electrons. The summed E-state index contributed by atoms with van der Waals surface area (Å²) in [6, 6.07) is 6.52. The van der Waals surface area contributed by atoms with Crippen molar-refractivity contribution >= 4 is 6.21 Å². The second-order valence-electron chi connectivity index (χ2n) is 4.63. The average molecular weight is 203 g/mol. The molecule has 82 valence electrons. The Bertz CT molecular complexity index is 311. The first-order valence-corrected chi connectivity index (χ1v) is 5.68. The Morgan fingerprint density at radius 3 is 1.87 bits per heavy atom. The van der Waals surface area contributed by atoms with Crippen LogP contribution in [0.5, 0.6) is 0 Å². The van der Waals surface area contributed by atoms with Crippen molar-refractivity contribution in [2.75, 3.05) is 0 Å². The first-order valence-electron chi connectivity index (χ1n) is 5.68. The van der Waals surface area contributed by atoms with Gasteiger partial charge >= 0.3 is 0 Å². The minimum Gasteiger partial charge on any atom is -0.313 e. The maximum absolute atomic E-state index is 7.29. The summed E-state index contributed by atoms with van der Waals surface area (Å²) >= 11 is 0. The normalized spacial score (nSPS) is 11.1. The van der Waals surface area contributed by atoms with E-state index in [4.69, 9.17) is 5.41 Å². The zero-order valence-corrected chi connectivity index (χ0v) is 10.2. The molecule has 1 heteroatoms. The fraction of sp³-hybridized carbons (Fsp3) is 0.500. The summed E-state index contributed by atoms with van der Waals surface area (Å²) in [7, 11) is 0. The number of hydrogen-bond acceptors (Lipinski definition) is 1. The van der Waals surface area contributed by atoms with Crippen LogP contribution in [0.4, 0.5) is 0 Å². The lowest BCUT2D eigenvalue weighted by Gasteiger charge is -2.18. The molecule has 0 unspecified atom stereocenters. The highest BCUT2D eigenvalue weighted by Crippen LogP contribution is 2.27. The van der Waals surface area contributed by atoms with Crippen LogP contribution in [0.15, 0.2) is 18.2 Å². The molecule has 0 saturated heterocycles. The Morgan fingerprint density at radius 1 is 1.07 bits per heavy atom. The molecule has 15 heavy (non-hydrogen) atoms. The van der Waals surface area contributed by atoms with Gasteiger partial charge in [-0.3, -0.25) is 0 Å². The zero-order chi connectivity index (χ0) is 11.4.